The second kappa shape index (κ2) is 2.76. The molecule has 1 aliphatic carbocycles. The molecule has 2 heteroatoms. The molecule has 11 heavy (non-hydrogen) atoms. The Bertz CT molecular complexity index is 126. The maximum Gasteiger partial charge on any atom is 0.0759 e. The molecule has 0 bridgehead atoms. The van der Waals surface area contributed by atoms with Crippen molar-refractivity contribution in [2.75, 3.05) is 6.61 Å². The first-order valence-electron chi connectivity index (χ1n) is 4.48. The fourth-order valence-corrected chi connectivity index (χ4v) is 2.01. The Morgan fingerprint density at radius 1 is 1.27 bits per heavy atom. The third kappa shape index (κ3) is 1.57. The van der Waals surface area contributed by atoms with Crippen LogP contribution >= 0.6 is 0 Å². The first-order valence-corrected chi connectivity index (χ1v) is 4.48. The second-order valence-electron chi connectivity index (χ2n) is 3.63. The molecule has 66 valence electrons. The number of hydrogen-bond donors (Lipinski definition) is 1. The third-order valence-electron chi connectivity index (χ3n) is 2.37. The molecule has 0 unspecified atom stereocenters. The minimum Gasteiger partial charge on any atom is -0.390 e. The Labute approximate surface area is 68.6 Å². The molecule has 0 atom stereocenters. The largest absolute Gasteiger partial charge is 0.390 e. The molecule has 2 fully saturated rings. The standard InChI is InChI=1S/C7H12O2.C2H6/c1-6(8)4-7(5-6)2-3-9-7;1-2/h8H,2-5H2,1H3;1-2H3. The van der Waals surface area contributed by atoms with Crippen LogP contribution in [0.2, 0.25) is 0 Å². The van der Waals surface area contributed by atoms with Crippen LogP contribution in [-0.4, -0.2) is 22.9 Å². The zero-order valence-corrected chi connectivity index (χ0v) is 7.68. The zero-order valence-electron chi connectivity index (χ0n) is 7.68. The van der Waals surface area contributed by atoms with Crippen LogP contribution in [-0.2, 0) is 4.74 Å². The minimum atomic E-state index is -0.416. The predicted octanol–water partition coefficient (Wildman–Crippen LogP) is 1.72. The molecule has 1 saturated carbocycles. The van der Waals surface area contributed by atoms with Crippen molar-refractivity contribution in [2.45, 2.75) is 51.2 Å². The van der Waals surface area contributed by atoms with Gasteiger partial charge in [0.25, 0.3) is 0 Å². The summed E-state index contributed by atoms with van der Waals surface area (Å²) in [6, 6.07) is 0. The Morgan fingerprint density at radius 3 is 1.82 bits per heavy atom. The molecule has 0 aromatic carbocycles. The maximum absolute atomic E-state index is 9.33. The highest BCUT2D eigenvalue weighted by Gasteiger charge is 2.55. The molecule has 1 N–H and O–H groups in total. The summed E-state index contributed by atoms with van der Waals surface area (Å²) in [6.45, 7) is 6.77. The first kappa shape index (κ1) is 9.01. The van der Waals surface area contributed by atoms with Gasteiger partial charge in [-0.3, -0.25) is 0 Å². The quantitative estimate of drug-likeness (QED) is 0.581. The van der Waals surface area contributed by atoms with Crippen LogP contribution in [0, 0.1) is 0 Å². The normalized spacial score (nSPS) is 46.9. The van der Waals surface area contributed by atoms with E-state index in [1.165, 1.54) is 0 Å². The number of hydrogen-bond acceptors (Lipinski definition) is 2. The van der Waals surface area contributed by atoms with Crippen molar-refractivity contribution in [3.8, 4) is 0 Å². The van der Waals surface area contributed by atoms with Gasteiger partial charge in [-0.2, -0.15) is 0 Å². The maximum atomic E-state index is 9.33. The first-order chi connectivity index (χ1) is 5.12. The van der Waals surface area contributed by atoms with Crippen LogP contribution in [0.5, 0.6) is 0 Å². The third-order valence-corrected chi connectivity index (χ3v) is 2.37. The van der Waals surface area contributed by atoms with E-state index in [0.717, 1.165) is 25.9 Å². The lowest BCUT2D eigenvalue weighted by Gasteiger charge is -2.56. The lowest BCUT2D eigenvalue weighted by atomic mass is 9.64. The SMILES string of the molecule is CC.CC1(O)CC2(CCO2)C1. The van der Waals surface area contributed by atoms with E-state index in [4.69, 9.17) is 4.74 Å². The van der Waals surface area contributed by atoms with Crippen molar-refractivity contribution in [1.29, 1.82) is 0 Å². The fraction of sp³-hybridized carbons (Fsp3) is 1.00. The molecule has 1 heterocycles. The van der Waals surface area contributed by atoms with Crippen LogP contribution in [0.1, 0.15) is 40.0 Å². The number of ether oxygens (including phenoxy) is 1. The van der Waals surface area contributed by atoms with Gasteiger partial charge in [-0.1, -0.05) is 13.8 Å². The number of rotatable bonds is 0. The van der Waals surface area contributed by atoms with Crippen molar-refractivity contribution in [2.24, 2.45) is 0 Å². The Kier molecular flexibility index (Phi) is 2.26. The molecule has 1 spiro atoms. The summed E-state index contributed by atoms with van der Waals surface area (Å²) in [5.74, 6) is 0. The van der Waals surface area contributed by atoms with E-state index in [1.807, 2.05) is 20.8 Å². The van der Waals surface area contributed by atoms with Crippen molar-refractivity contribution in [3.63, 3.8) is 0 Å². The highest BCUT2D eigenvalue weighted by molar-refractivity contribution is 5.07. The summed E-state index contributed by atoms with van der Waals surface area (Å²) < 4.78 is 5.33. The molecule has 0 aromatic rings. The monoisotopic (exact) mass is 158 g/mol. The second-order valence-corrected chi connectivity index (χ2v) is 3.63. The highest BCUT2D eigenvalue weighted by atomic mass is 16.5. The van der Waals surface area contributed by atoms with Crippen LogP contribution in [0.3, 0.4) is 0 Å². The molecule has 1 aliphatic heterocycles. The van der Waals surface area contributed by atoms with Crippen molar-refractivity contribution in [3.05, 3.63) is 0 Å². The summed E-state index contributed by atoms with van der Waals surface area (Å²) in [4.78, 5) is 0. The van der Waals surface area contributed by atoms with E-state index in [2.05, 4.69) is 0 Å². The van der Waals surface area contributed by atoms with Gasteiger partial charge in [0.1, 0.15) is 0 Å². The van der Waals surface area contributed by atoms with Crippen LogP contribution < -0.4 is 0 Å². The molecule has 0 radical (unpaired) electrons. The molecule has 2 nitrogen and oxygen atoms in total. The summed E-state index contributed by atoms with van der Waals surface area (Å²) in [5, 5.41) is 9.33. The van der Waals surface area contributed by atoms with Gasteiger partial charge in [-0.25, -0.2) is 0 Å². The van der Waals surface area contributed by atoms with E-state index in [9.17, 15) is 5.11 Å². The van der Waals surface area contributed by atoms with Gasteiger partial charge in [0, 0.05) is 12.8 Å². The topological polar surface area (TPSA) is 29.5 Å². The van der Waals surface area contributed by atoms with Crippen molar-refractivity contribution < 1.29 is 9.84 Å². The van der Waals surface area contributed by atoms with Gasteiger partial charge in [0.05, 0.1) is 17.8 Å². The van der Waals surface area contributed by atoms with Gasteiger partial charge in [-0.05, 0) is 13.3 Å². The summed E-state index contributed by atoms with van der Waals surface area (Å²) in [7, 11) is 0. The predicted molar refractivity (Wildman–Crippen MR) is 44.5 cm³/mol. The van der Waals surface area contributed by atoms with Crippen LogP contribution in [0.25, 0.3) is 0 Å². The zero-order chi connectivity index (χ0) is 8.54. The fourth-order valence-electron chi connectivity index (χ4n) is 2.01. The lowest BCUT2D eigenvalue weighted by molar-refractivity contribution is -0.261. The van der Waals surface area contributed by atoms with Crippen LogP contribution in [0.4, 0.5) is 0 Å². The molecule has 2 rings (SSSR count). The Balaban J connectivity index is 0.000000281. The molecule has 1 saturated heterocycles. The summed E-state index contributed by atoms with van der Waals surface area (Å²) >= 11 is 0. The molecular formula is C9H18O2. The Hall–Kier alpha value is -0.0800. The average molecular weight is 158 g/mol. The van der Waals surface area contributed by atoms with E-state index >= 15 is 0 Å². The number of aliphatic hydroxyl groups is 1. The van der Waals surface area contributed by atoms with Crippen LogP contribution in [0.15, 0.2) is 0 Å². The van der Waals surface area contributed by atoms with Gasteiger partial charge in [0.15, 0.2) is 0 Å². The molecule has 2 aliphatic rings. The van der Waals surface area contributed by atoms with Crippen molar-refractivity contribution in [1.82, 2.24) is 0 Å². The van der Waals surface area contributed by atoms with Gasteiger partial charge in [0.2, 0.25) is 0 Å². The van der Waals surface area contributed by atoms with E-state index in [-0.39, 0.29) is 5.60 Å². The van der Waals surface area contributed by atoms with E-state index < -0.39 is 5.60 Å². The minimum absolute atomic E-state index is 0.128. The van der Waals surface area contributed by atoms with Gasteiger partial charge < -0.3 is 9.84 Å². The molecule has 0 amide bonds. The van der Waals surface area contributed by atoms with Gasteiger partial charge >= 0.3 is 0 Å². The lowest BCUT2D eigenvalue weighted by Crippen LogP contribution is -2.61. The smallest absolute Gasteiger partial charge is 0.0759 e. The molecule has 0 aromatic heterocycles. The van der Waals surface area contributed by atoms with Gasteiger partial charge in [-0.15, -0.1) is 0 Å². The summed E-state index contributed by atoms with van der Waals surface area (Å²) in [6.07, 6.45) is 2.85. The molecular weight excluding hydrogens is 140 g/mol. The highest BCUT2D eigenvalue weighted by Crippen LogP contribution is 2.50. The van der Waals surface area contributed by atoms with Crippen molar-refractivity contribution >= 4 is 0 Å². The average Bonchev–Trinajstić information content (AvgIpc) is 1.83. The van der Waals surface area contributed by atoms with E-state index in [1.54, 1.807) is 0 Å². The van der Waals surface area contributed by atoms with E-state index in [0.29, 0.717) is 0 Å². The Morgan fingerprint density at radius 2 is 1.73 bits per heavy atom. The summed E-state index contributed by atoms with van der Waals surface area (Å²) in [5.41, 5.74) is -0.288.